The summed E-state index contributed by atoms with van der Waals surface area (Å²) in [5, 5.41) is -0.443. The van der Waals surface area contributed by atoms with Crippen LogP contribution in [0.4, 0.5) is 4.79 Å². The highest BCUT2D eigenvalue weighted by atomic mass is 32.2. The lowest BCUT2D eigenvalue weighted by Gasteiger charge is -2.11. The van der Waals surface area contributed by atoms with E-state index >= 15 is 0 Å². The number of thioether (sulfide) groups is 1. The van der Waals surface area contributed by atoms with Crippen molar-refractivity contribution in [1.29, 1.82) is 0 Å². The van der Waals surface area contributed by atoms with Crippen molar-refractivity contribution in [1.82, 2.24) is 4.90 Å². The quantitative estimate of drug-likeness (QED) is 0.410. The molecular formula is C21H17NO4S. The monoisotopic (exact) mass is 379 g/mol. The summed E-state index contributed by atoms with van der Waals surface area (Å²) in [4.78, 5) is 38.3. The van der Waals surface area contributed by atoms with E-state index in [2.05, 4.69) is 6.58 Å². The van der Waals surface area contributed by atoms with E-state index in [0.717, 1.165) is 22.2 Å². The highest BCUT2D eigenvalue weighted by molar-refractivity contribution is 8.18. The molecule has 3 rings (SSSR count). The van der Waals surface area contributed by atoms with Crippen molar-refractivity contribution in [2.75, 3.05) is 13.2 Å². The van der Waals surface area contributed by atoms with Gasteiger partial charge in [-0.05, 0) is 35.5 Å². The average molecular weight is 379 g/mol. The summed E-state index contributed by atoms with van der Waals surface area (Å²) in [5.41, 5.74) is 1.23. The van der Waals surface area contributed by atoms with Gasteiger partial charge >= 0.3 is 0 Å². The Balaban J connectivity index is 1.70. The van der Waals surface area contributed by atoms with Gasteiger partial charge in [0.2, 0.25) is 0 Å². The minimum atomic E-state index is -0.457. The molecular weight excluding hydrogens is 362 g/mol. The van der Waals surface area contributed by atoms with Gasteiger partial charge in [-0.25, -0.2) is 0 Å². The van der Waals surface area contributed by atoms with Crippen LogP contribution in [0, 0.1) is 0 Å². The maximum Gasteiger partial charge on any atom is 0.293 e. The minimum Gasteiger partial charge on any atom is -0.490 e. The van der Waals surface area contributed by atoms with Crippen LogP contribution in [-0.2, 0) is 4.79 Å². The predicted molar refractivity (Wildman–Crippen MR) is 106 cm³/mol. The number of Topliss-reactive ketones (excluding diaryl/α,β-unsaturated/α-hetero) is 1. The zero-order valence-electron chi connectivity index (χ0n) is 14.5. The highest BCUT2D eigenvalue weighted by Gasteiger charge is 2.36. The van der Waals surface area contributed by atoms with Gasteiger partial charge in [-0.15, -0.1) is 0 Å². The molecule has 0 unspecified atom stereocenters. The Labute approximate surface area is 161 Å². The van der Waals surface area contributed by atoms with Crippen LogP contribution in [0.2, 0.25) is 0 Å². The normalized spacial score (nSPS) is 15.3. The molecule has 0 saturated carbocycles. The Morgan fingerprint density at radius 1 is 1.07 bits per heavy atom. The summed E-state index contributed by atoms with van der Waals surface area (Å²) >= 11 is 0.834. The summed E-state index contributed by atoms with van der Waals surface area (Å²) in [6.07, 6.45) is 3.29. The van der Waals surface area contributed by atoms with Crippen LogP contribution in [0.25, 0.3) is 6.08 Å². The number of amides is 2. The molecule has 0 bridgehead atoms. The SMILES string of the molecule is C=CCOc1ccc(/C=C2/SC(=O)N(CC(=O)c3ccccc3)C2=O)cc1. The van der Waals surface area contributed by atoms with Crippen molar-refractivity contribution in [2.45, 2.75) is 0 Å². The third-order valence-corrected chi connectivity index (χ3v) is 4.72. The van der Waals surface area contributed by atoms with Crippen molar-refractivity contribution >= 4 is 34.8 Å². The number of ketones is 1. The molecule has 1 heterocycles. The maximum atomic E-state index is 12.5. The first kappa shape index (κ1) is 18.7. The van der Waals surface area contributed by atoms with Crippen molar-refractivity contribution < 1.29 is 19.1 Å². The van der Waals surface area contributed by atoms with E-state index in [-0.39, 0.29) is 12.3 Å². The number of hydrogen-bond donors (Lipinski definition) is 0. The second kappa shape index (κ2) is 8.51. The largest absolute Gasteiger partial charge is 0.490 e. The van der Waals surface area contributed by atoms with Crippen molar-refractivity contribution in [3.05, 3.63) is 83.3 Å². The fraction of sp³-hybridized carbons (Fsp3) is 0.0952. The van der Waals surface area contributed by atoms with Crippen molar-refractivity contribution in [2.24, 2.45) is 0 Å². The van der Waals surface area contributed by atoms with Gasteiger partial charge in [0.25, 0.3) is 11.1 Å². The Bertz CT molecular complexity index is 904. The van der Waals surface area contributed by atoms with Crippen LogP contribution in [-0.4, -0.2) is 35.0 Å². The Kier molecular flexibility index (Phi) is 5.88. The number of rotatable bonds is 7. The maximum absolute atomic E-state index is 12.5. The van der Waals surface area contributed by atoms with Crippen molar-refractivity contribution in [3.8, 4) is 5.75 Å². The molecule has 2 aromatic rings. The average Bonchev–Trinajstić information content (AvgIpc) is 2.95. The molecule has 0 N–H and O–H groups in total. The fourth-order valence-electron chi connectivity index (χ4n) is 2.46. The second-order valence-electron chi connectivity index (χ2n) is 5.73. The Morgan fingerprint density at radius 2 is 1.78 bits per heavy atom. The van der Waals surface area contributed by atoms with Gasteiger partial charge in [-0.3, -0.25) is 19.3 Å². The van der Waals surface area contributed by atoms with E-state index in [4.69, 9.17) is 4.74 Å². The fourth-order valence-corrected chi connectivity index (χ4v) is 3.30. The van der Waals surface area contributed by atoms with Crippen LogP contribution >= 0.6 is 11.8 Å². The minimum absolute atomic E-state index is 0.264. The van der Waals surface area contributed by atoms with Crippen LogP contribution < -0.4 is 4.74 Å². The van der Waals surface area contributed by atoms with E-state index in [0.29, 0.717) is 22.8 Å². The van der Waals surface area contributed by atoms with Gasteiger partial charge in [0.05, 0.1) is 11.4 Å². The van der Waals surface area contributed by atoms with E-state index in [9.17, 15) is 14.4 Å². The summed E-state index contributed by atoms with van der Waals surface area (Å²) < 4.78 is 5.41. The van der Waals surface area contributed by atoms with Gasteiger partial charge in [0.15, 0.2) is 5.78 Å². The van der Waals surface area contributed by atoms with Gasteiger partial charge in [-0.2, -0.15) is 0 Å². The lowest BCUT2D eigenvalue weighted by Crippen LogP contribution is -2.33. The molecule has 0 aliphatic carbocycles. The first-order valence-corrected chi connectivity index (χ1v) is 9.07. The summed E-state index contributed by atoms with van der Waals surface area (Å²) in [7, 11) is 0. The molecule has 27 heavy (non-hydrogen) atoms. The number of nitrogens with zero attached hydrogens (tertiary/aromatic N) is 1. The van der Waals surface area contributed by atoms with E-state index in [1.807, 2.05) is 0 Å². The van der Waals surface area contributed by atoms with Gasteiger partial charge in [0, 0.05) is 5.56 Å². The molecule has 136 valence electrons. The zero-order chi connectivity index (χ0) is 19.2. The summed E-state index contributed by atoms with van der Waals surface area (Å²) in [5.74, 6) is -0.0438. The standard InChI is InChI=1S/C21H17NO4S/c1-2-12-26-17-10-8-15(9-11-17)13-19-20(24)22(21(25)27-19)14-18(23)16-6-4-3-5-7-16/h2-11,13H,1,12,14H2/b19-13+. The Morgan fingerprint density at radius 3 is 2.44 bits per heavy atom. The smallest absolute Gasteiger partial charge is 0.293 e. The molecule has 0 spiro atoms. The Hall–Kier alpha value is -3.12. The molecule has 2 amide bonds. The van der Waals surface area contributed by atoms with E-state index in [1.54, 1.807) is 66.7 Å². The predicted octanol–water partition coefficient (Wildman–Crippen LogP) is 4.17. The lowest BCUT2D eigenvalue weighted by atomic mass is 10.1. The highest BCUT2D eigenvalue weighted by Crippen LogP contribution is 2.32. The molecule has 1 aliphatic rings. The molecule has 0 aromatic heterocycles. The third-order valence-electron chi connectivity index (χ3n) is 3.82. The zero-order valence-corrected chi connectivity index (χ0v) is 15.3. The van der Waals surface area contributed by atoms with E-state index < -0.39 is 11.1 Å². The van der Waals surface area contributed by atoms with Gasteiger partial charge < -0.3 is 4.74 Å². The number of benzene rings is 2. The van der Waals surface area contributed by atoms with Gasteiger partial charge in [0.1, 0.15) is 12.4 Å². The van der Waals surface area contributed by atoms with Crippen LogP contribution in [0.1, 0.15) is 15.9 Å². The summed E-state index contributed by atoms with van der Waals surface area (Å²) in [6, 6.07) is 15.7. The molecule has 0 radical (unpaired) electrons. The molecule has 2 aromatic carbocycles. The molecule has 1 fully saturated rings. The number of ether oxygens (including phenoxy) is 1. The van der Waals surface area contributed by atoms with Crippen LogP contribution in [0.5, 0.6) is 5.75 Å². The van der Waals surface area contributed by atoms with Crippen LogP contribution in [0.3, 0.4) is 0 Å². The number of carbonyl (C=O) groups is 3. The molecule has 6 heteroatoms. The van der Waals surface area contributed by atoms with Crippen molar-refractivity contribution in [3.63, 3.8) is 0 Å². The van der Waals surface area contributed by atoms with Gasteiger partial charge in [-0.1, -0.05) is 55.1 Å². The molecule has 5 nitrogen and oxygen atoms in total. The first-order chi connectivity index (χ1) is 13.1. The van der Waals surface area contributed by atoms with E-state index in [1.165, 1.54) is 0 Å². The first-order valence-electron chi connectivity index (χ1n) is 8.26. The topological polar surface area (TPSA) is 63.7 Å². The number of imide groups is 1. The van der Waals surface area contributed by atoms with Crippen LogP contribution in [0.15, 0.2) is 72.2 Å². The molecule has 1 aliphatic heterocycles. The second-order valence-corrected chi connectivity index (χ2v) is 6.72. The lowest BCUT2D eigenvalue weighted by molar-refractivity contribution is -0.122. The summed E-state index contributed by atoms with van der Waals surface area (Å²) in [6.45, 7) is 3.74. The number of carbonyl (C=O) groups excluding carboxylic acids is 3. The third kappa shape index (κ3) is 4.54. The molecule has 1 saturated heterocycles. The molecule has 0 atom stereocenters. The number of hydrogen-bond acceptors (Lipinski definition) is 5.